The summed E-state index contributed by atoms with van der Waals surface area (Å²) in [6.07, 6.45) is 2.73. The van der Waals surface area contributed by atoms with Crippen LogP contribution in [0.15, 0.2) is 23.2 Å². The lowest BCUT2D eigenvalue weighted by atomic mass is 10.0. The topological polar surface area (TPSA) is 39.7 Å². The van der Waals surface area contributed by atoms with E-state index in [0.717, 1.165) is 38.0 Å². The number of piperidine rings is 1. The molecular formula is C18H29F2IN4. The molecule has 1 aliphatic rings. The van der Waals surface area contributed by atoms with E-state index in [1.807, 2.05) is 0 Å². The molecule has 0 spiro atoms. The summed E-state index contributed by atoms with van der Waals surface area (Å²) in [5.41, 5.74) is 0.640. The summed E-state index contributed by atoms with van der Waals surface area (Å²) in [5.74, 6) is -0.330. The molecule has 4 nitrogen and oxygen atoms in total. The monoisotopic (exact) mass is 466 g/mol. The van der Waals surface area contributed by atoms with Gasteiger partial charge in [-0.1, -0.05) is 0 Å². The Balaban J connectivity index is 0.00000312. The van der Waals surface area contributed by atoms with Crippen molar-refractivity contribution in [3.63, 3.8) is 0 Å². The third-order valence-corrected chi connectivity index (χ3v) is 4.45. The van der Waals surface area contributed by atoms with Crippen molar-refractivity contribution >= 4 is 29.9 Å². The highest BCUT2D eigenvalue weighted by Gasteiger charge is 2.21. The molecule has 0 saturated carbocycles. The van der Waals surface area contributed by atoms with Gasteiger partial charge in [0.15, 0.2) is 5.96 Å². The van der Waals surface area contributed by atoms with E-state index >= 15 is 0 Å². The van der Waals surface area contributed by atoms with E-state index in [0.29, 0.717) is 30.6 Å². The molecule has 142 valence electrons. The van der Waals surface area contributed by atoms with Gasteiger partial charge in [0.25, 0.3) is 0 Å². The summed E-state index contributed by atoms with van der Waals surface area (Å²) in [6, 6.07) is 4.62. The molecule has 0 aliphatic carbocycles. The zero-order chi connectivity index (χ0) is 17.5. The van der Waals surface area contributed by atoms with Crippen molar-refractivity contribution in [3.8, 4) is 0 Å². The molecule has 1 aromatic rings. The molecule has 0 aromatic heterocycles. The van der Waals surface area contributed by atoms with E-state index in [4.69, 9.17) is 0 Å². The molecule has 1 fully saturated rings. The van der Waals surface area contributed by atoms with Crippen LogP contribution >= 0.6 is 24.0 Å². The quantitative estimate of drug-likeness (QED) is 0.398. The van der Waals surface area contributed by atoms with Gasteiger partial charge in [-0.2, -0.15) is 0 Å². The fraction of sp³-hybridized carbons (Fsp3) is 0.611. The van der Waals surface area contributed by atoms with Gasteiger partial charge in [0.1, 0.15) is 11.6 Å². The molecule has 0 bridgehead atoms. The first kappa shape index (κ1) is 22.1. The number of rotatable bonds is 5. The Morgan fingerprint density at radius 2 is 1.80 bits per heavy atom. The zero-order valence-electron chi connectivity index (χ0n) is 15.2. The minimum atomic E-state index is -0.538. The average Bonchev–Trinajstić information content (AvgIpc) is 2.53. The summed E-state index contributed by atoms with van der Waals surface area (Å²) in [5, 5.41) is 6.66. The smallest absolute Gasteiger partial charge is 0.191 e. The van der Waals surface area contributed by atoms with Crippen LogP contribution in [0.4, 0.5) is 8.78 Å². The Morgan fingerprint density at radius 1 is 1.20 bits per heavy atom. The highest BCUT2D eigenvalue weighted by atomic mass is 127. The summed E-state index contributed by atoms with van der Waals surface area (Å²) >= 11 is 0. The Labute approximate surface area is 166 Å². The van der Waals surface area contributed by atoms with E-state index in [2.05, 4.69) is 34.4 Å². The van der Waals surface area contributed by atoms with Crippen LogP contribution in [-0.4, -0.2) is 49.6 Å². The largest absolute Gasteiger partial charge is 0.356 e. The van der Waals surface area contributed by atoms with Crippen molar-refractivity contribution in [3.05, 3.63) is 35.4 Å². The van der Waals surface area contributed by atoms with E-state index in [1.165, 1.54) is 12.1 Å². The second kappa shape index (κ2) is 10.9. The van der Waals surface area contributed by atoms with Gasteiger partial charge in [-0.3, -0.25) is 4.99 Å². The number of likely N-dealkylation sites (tertiary alicyclic amines) is 1. The molecule has 1 saturated heterocycles. The number of nitrogens with one attached hydrogen (secondary N) is 2. The number of benzene rings is 1. The first-order chi connectivity index (χ1) is 11.5. The van der Waals surface area contributed by atoms with Crippen LogP contribution in [-0.2, 0) is 6.42 Å². The highest BCUT2D eigenvalue weighted by Crippen LogP contribution is 2.13. The van der Waals surface area contributed by atoms with Crippen molar-refractivity contribution in [1.82, 2.24) is 15.5 Å². The molecule has 7 heteroatoms. The third-order valence-electron chi connectivity index (χ3n) is 4.45. The fourth-order valence-electron chi connectivity index (χ4n) is 3.03. The van der Waals surface area contributed by atoms with Crippen LogP contribution in [0.5, 0.6) is 0 Å². The molecule has 25 heavy (non-hydrogen) atoms. The molecule has 0 amide bonds. The molecule has 0 atom stereocenters. The Hall–Kier alpha value is -0.960. The van der Waals surface area contributed by atoms with Crippen LogP contribution in [0, 0.1) is 11.6 Å². The van der Waals surface area contributed by atoms with Crippen molar-refractivity contribution < 1.29 is 8.78 Å². The predicted octanol–water partition coefficient (Wildman–Crippen LogP) is 3.16. The maximum atomic E-state index is 13.2. The molecule has 2 rings (SSSR count). The number of guanidine groups is 1. The van der Waals surface area contributed by atoms with E-state index in [1.54, 1.807) is 7.05 Å². The second-order valence-electron chi connectivity index (χ2n) is 6.58. The van der Waals surface area contributed by atoms with Crippen molar-refractivity contribution in [2.45, 2.75) is 45.2 Å². The second-order valence-corrected chi connectivity index (χ2v) is 6.58. The first-order valence-corrected chi connectivity index (χ1v) is 8.64. The summed E-state index contributed by atoms with van der Waals surface area (Å²) in [7, 11) is 1.74. The van der Waals surface area contributed by atoms with E-state index < -0.39 is 11.6 Å². The lowest BCUT2D eigenvalue weighted by Gasteiger charge is -2.35. The molecule has 0 radical (unpaired) electrons. The van der Waals surface area contributed by atoms with Gasteiger partial charge >= 0.3 is 0 Å². The van der Waals surface area contributed by atoms with Gasteiger partial charge in [0.2, 0.25) is 0 Å². The molecule has 2 N–H and O–H groups in total. The van der Waals surface area contributed by atoms with Gasteiger partial charge in [-0.05, 0) is 50.8 Å². The molecule has 1 aromatic carbocycles. The first-order valence-electron chi connectivity index (χ1n) is 8.64. The Bertz CT molecular complexity index is 538. The number of nitrogens with zero attached hydrogens (tertiary/aromatic N) is 2. The van der Waals surface area contributed by atoms with E-state index in [9.17, 15) is 8.78 Å². The predicted molar refractivity (Wildman–Crippen MR) is 110 cm³/mol. The molecule has 0 unspecified atom stereocenters. The van der Waals surface area contributed by atoms with Crippen LogP contribution in [0.25, 0.3) is 0 Å². The summed E-state index contributed by atoms with van der Waals surface area (Å²) in [6.45, 7) is 7.21. The highest BCUT2D eigenvalue weighted by molar-refractivity contribution is 14.0. The van der Waals surface area contributed by atoms with Crippen molar-refractivity contribution in [2.24, 2.45) is 4.99 Å². The van der Waals surface area contributed by atoms with Crippen LogP contribution < -0.4 is 10.6 Å². The maximum absolute atomic E-state index is 13.2. The minimum Gasteiger partial charge on any atom is -0.356 e. The Morgan fingerprint density at radius 3 is 2.32 bits per heavy atom. The zero-order valence-corrected chi connectivity index (χ0v) is 17.5. The Kier molecular flexibility index (Phi) is 9.63. The third kappa shape index (κ3) is 7.43. The molecular weight excluding hydrogens is 437 g/mol. The number of halogens is 3. The summed E-state index contributed by atoms with van der Waals surface area (Å²) < 4.78 is 26.4. The fourth-order valence-corrected chi connectivity index (χ4v) is 3.03. The van der Waals surface area contributed by atoms with Crippen molar-refractivity contribution in [1.29, 1.82) is 0 Å². The van der Waals surface area contributed by atoms with Crippen molar-refractivity contribution in [2.75, 3.05) is 26.7 Å². The minimum absolute atomic E-state index is 0. The SMILES string of the molecule is CN=C(NCCc1cc(F)cc(F)c1)NC1CCN(C(C)C)CC1.I. The standard InChI is InChI=1S/C18H28F2N4.HI/c1-13(2)24-8-5-17(6-9-24)23-18(21-3)22-7-4-14-10-15(19)12-16(20)11-14;/h10-13,17H,4-9H2,1-3H3,(H2,21,22,23);1H. The summed E-state index contributed by atoms with van der Waals surface area (Å²) in [4.78, 5) is 6.71. The number of hydrogen-bond acceptors (Lipinski definition) is 2. The van der Waals surface area contributed by atoms with Gasteiger partial charge in [-0.15, -0.1) is 24.0 Å². The average molecular weight is 466 g/mol. The van der Waals surface area contributed by atoms with Gasteiger partial charge < -0.3 is 15.5 Å². The van der Waals surface area contributed by atoms with Crippen LogP contribution in [0.1, 0.15) is 32.3 Å². The van der Waals surface area contributed by atoms with Crippen LogP contribution in [0.2, 0.25) is 0 Å². The number of hydrogen-bond donors (Lipinski definition) is 2. The normalized spacial score (nSPS) is 16.6. The molecule has 1 aliphatic heterocycles. The number of aliphatic imine (C=N–C) groups is 1. The van der Waals surface area contributed by atoms with Crippen LogP contribution in [0.3, 0.4) is 0 Å². The lowest BCUT2D eigenvalue weighted by molar-refractivity contribution is 0.167. The van der Waals surface area contributed by atoms with Gasteiger partial charge in [-0.25, -0.2) is 8.78 Å². The maximum Gasteiger partial charge on any atom is 0.191 e. The van der Waals surface area contributed by atoms with Gasteiger partial charge in [0, 0.05) is 44.8 Å². The van der Waals surface area contributed by atoms with E-state index in [-0.39, 0.29) is 24.0 Å². The lowest BCUT2D eigenvalue weighted by Crippen LogP contribution is -2.50. The van der Waals surface area contributed by atoms with Gasteiger partial charge in [0.05, 0.1) is 0 Å². The molecule has 1 heterocycles.